The summed E-state index contributed by atoms with van der Waals surface area (Å²) in [6, 6.07) is 7.09. The van der Waals surface area contributed by atoms with Crippen LogP contribution in [0.4, 0.5) is 4.79 Å². The van der Waals surface area contributed by atoms with Gasteiger partial charge in [0.2, 0.25) is 5.91 Å². The monoisotopic (exact) mass is 684 g/mol. The van der Waals surface area contributed by atoms with E-state index in [0.29, 0.717) is 25.8 Å². The Kier molecular flexibility index (Phi) is 17.4. The van der Waals surface area contributed by atoms with Gasteiger partial charge in [0.15, 0.2) is 17.3 Å². The van der Waals surface area contributed by atoms with Crippen LogP contribution >= 0.6 is 0 Å². The fraction of sp³-hybridized carbons (Fsp3) is 0.595. The average molecular weight is 685 g/mol. The number of amides is 2. The van der Waals surface area contributed by atoms with Crippen molar-refractivity contribution >= 4 is 41.3 Å². The number of benzene rings is 1. The smallest absolute Gasteiger partial charge is 0.408 e. The van der Waals surface area contributed by atoms with E-state index in [0.717, 1.165) is 17.7 Å². The van der Waals surface area contributed by atoms with E-state index in [2.05, 4.69) is 5.32 Å². The Labute approximate surface area is 289 Å². The van der Waals surface area contributed by atoms with Gasteiger partial charge in [-0.25, -0.2) is 9.59 Å². The summed E-state index contributed by atoms with van der Waals surface area (Å²) in [6.45, 7) is 9.61. The number of nitrogens with zero attached hydrogens (tertiary/aromatic N) is 1. The number of rotatable bonds is 20. The van der Waals surface area contributed by atoms with Crippen molar-refractivity contribution in [3.05, 3.63) is 48.0 Å². The molecule has 0 unspecified atom stereocenters. The lowest BCUT2D eigenvalue weighted by molar-refractivity contribution is -0.149. The summed E-state index contributed by atoms with van der Waals surface area (Å²) in [5.74, 6) is -4.19. The topological polar surface area (TPSA) is 162 Å². The number of alkyl carbamates (subject to hydrolysis) is 1. The summed E-state index contributed by atoms with van der Waals surface area (Å²) in [5, 5.41) is 2.56. The maximum absolute atomic E-state index is 14.0. The number of Topliss-reactive ketones (excluding diaryl/α,β-unsaturated/α-hetero) is 2. The molecule has 1 N–H and O–H groups in total. The van der Waals surface area contributed by atoms with Crippen molar-refractivity contribution in [2.24, 2.45) is 23.7 Å². The molecule has 0 saturated carbocycles. The molecule has 2 amide bonds. The number of allylic oxidation sites excluding steroid dienone is 1. The van der Waals surface area contributed by atoms with Crippen LogP contribution in [-0.2, 0) is 49.6 Å². The Morgan fingerprint density at radius 2 is 1.65 bits per heavy atom. The zero-order valence-electron chi connectivity index (χ0n) is 29.6. The fourth-order valence-corrected chi connectivity index (χ4v) is 5.86. The third-order valence-electron chi connectivity index (χ3n) is 8.45. The predicted octanol–water partition coefficient (Wildman–Crippen LogP) is 4.77. The molecule has 4 atom stereocenters. The second kappa shape index (κ2) is 20.9. The van der Waals surface area contributed by atoms with Gasteiger partial charge in [-0.05, 0) is 56.1 Å². The molecule has 1 heterocycles. The standard InChI is InChI=1S/C37H52N2O10/c1-7-48-34(43)18-16-28(40)15-17-30(38-37(46)49-23-26-12-9-8-10-13-26)32(41)22-29(25(4)5)35(44)39-19-11-14-31(39)33(42)21-27(20-24(2)3)36(45)47-6/h8-10,12-13,16,18,24-25,27,29-31H,7,11,14-15,17,19-23H2,1-6H3,(H,38,46)/b18-16+/t27-,29+,30+,31+/m1/s1. The van der Waals surface area contributed by atoms with E-state index in [9.17, 15) is 33.6 Å². The van der Waals surface area contributed by atoms with Crippen LogP contribution in [0.1, 0.15) is 85.1 Å². The molecule has 270 valence electrons. The summed E-state index contributed by atoms with van der Waals surface area (Å²) in [5.41, 5.74) is 0.738. The number of methoxy groups -OCH3 is 1. The normalized spacial score (nSPS) is 16.2. The molecule has 2 rings (SSSR count). The first kappa shape index (κ1) is 40.8. The number of nitrogens with one attached hydrogen (secondary N) is 1. The van der Waals surface area contributed by atoms with Gasteiger partial charge in [-0.15, -0.1) is 0 Å². The van der Waals surface area contributed by atoms with Crippen LogP contribution in [0.15, 0.2) is 42.5 Å². The minimum absolute atomic E-state index is 0.0414. The first-order valence-electron chi connectivity index (χ1n) is 17.1. The Hall–Kier alpha value is -4.35. The molecule has 0 radical (unpaired) electrons. The Bertz CT molecular complexity index is 1320. The fourth-order valence-electron chi connectivity index (χ4n) is 5.86. The third kappa shape index (κ3) is 14.0. The summed E-state index contributed by atoms with van der Waals surface area (Å²) in [4.78, 5) is 92.0. The maximum Gasteiger partial charge on any atom is 0.408 e. The van der Waals surface area contributed by atoms with Gasteiger partial charge in [0, 0.05) is 37.8 Å². The minimum atomic E-state index is -1.16. The van der Waals surface area contributed by atoms with E-state index >= 15 is 0 Å². The zero-order valence-corrected chi connectivity index (χ0v) is 29.6. The van der Waals surface area contributed by atoms with Crippen LogP contribution in [0.2, 0.25) is 0 Å². The molecule has 1 aliphatic rings. The van der Waals surface area contributed by atoms with Gasteiger partial charge < -0.3 is 24.4 Å². The van der Waals surface area contributed by atoms with Crippen LogP contribution in [0.25, 0.3) is 0 Å². The lowest BCUT2D eigenvalue weighted by Gasteiger charge is -2.31. The molecule has 1 aromatic rings. The van der Waals surface area contributed by atoms with Crippen LogP contribution in [0.3, 0.4) is 0 Å². The van der Waals surface area contributed by atoms with E-state index in [-0.39, 0.29) is 62.4 Å². The van der Waals surface area contributed by atoms with E-state index in [1.165, 1.54) is 12.0 Å². The van der Waals surface area contributed by atoms with Gasteiger partial charge in [0.05, 0.1) is 31.7 Å². The zero-order chi connectivity index (χ0) is 36.5. The molecule has 1 aliphatic heterocycles. The van der Waals surface area contributed by atoms with E-state index in [4.69, 9.17) is 14.2 Å². The average Bonchev–Trinajstić information content (AvgIpc) is 3.56. The summed E-state index contributed by atoms with van der Waals surface area (Å²) >= 11 is 0. The van der Waals surface area contributed by atoms with Crippen molar-refractivity contribution in [2.75, 3.05) is 20.3 Å². The van der Waals surface area contributed by atoms with Crippen molar-refractivity contribution in [2.45, 2.75) is 98.3 Å². The van der Waals surface area contributed by atoms with Gasteiger partial charge in [0.1, 0.15) is 6.61 Å². The highest BCUT2D eigenvalue weighted by Gasteiger charge is 2.40. The number of esters is 2. The van der Waals surface area contributed by atoms with Gasteiger partial charge >= 0.3 is 18.0 Å². The quantitative estimate of drug-likeness (QED) is 0.115. The largest absolute Gasteiger partial charge is 0.469 e. The van der Waals surface area contributed by atoms with Crippen molar-refractivity contribution in [3.8, 4) is 0 Å². The van der Waals surface area contributed by atoms with E-state index < -0.39 is 53.5 Å². The maximum atomic E-state index is 14.0. The van der Waals surface area contributed by atoms with Gasteiger partial charge in [0.25, 0.3) is 0 Å². The predicted molar refractivity (Wildman–Crippen MR) is 181 cm³/mol. The summed E-state index contributed by atoms with van der Waals surface area (Å²) in [7, 11) is 1.29. The number of likely N-dealkylation sites (tertiary alicyclic amines) is 1. The third-order valence-corrected chi connectivity index (χ3v) is 8.45. The van der Waals surface area contributed by atoms with Crippen molar-refractivity contribution < 1.29 is 47.8 Å². The molecule has 0 aliphatic carbocycles. The number of carbonyl (C=O) groups is 7. The number of ketones is 3. The highest BCUT2D eigenvalue weighted by Crippen LogP contribution is 2.29. The van der Waals surface area contributed by atoms with E-state index in [1.54, 1.807) is 45.0 Å². The number of ether oxygens (including phenoxy) is 3. The number of hydrogen-bond acceptors (Lipinski definition) is 10. The summed E-state index contributed by atoms with van der Waals surface area (Å²) < 4.78 is 15.0. The van der Waals surface area contributed by atoms with Gasteiger partial charge in [-0.3, -0.25) is 24.0 Å². The summed E-state index contributed by atoms with van der Waals surface area (Å²) in [6.07, 6.45) is 2.17. The van der Waals surface area contributed by atoms with Crippen molar-refractivity contribution in [1.82, 2.24) is 10.2 Å². The van der Waals surface area contributed by atoms with Crippen molar-refractivity contribution in [3.63, 3.8) is 0 Å². The molecular formula is C37H52N2O10. The molecule has 1 fully saturated rings. The Morgan fingerprint density at radius 1 is 0.959 bits per heavy atom. The van der Waals surface area contributed by atoms with Crippen LogP contribution < -0.4 is 5.32 Å². The first-order valence-corrected chi connectivity index (χ1v) is 17.1. The second-order valence-corrected chi connectivity index (χ2v) is 13.1. The molecule has 49 heavy (non-hydrogen) atoms. The number of carbonyl (C=O) groups excluding carboxylic acids is 7. The van der Waals surface area contributed by atoms with Crippen LogP contribution in [0.5, 0.6) is 0 Å². The lowest BCUT2D eigenvalue weighted by Crippen LogP contribution is -2.47. The van der Waals surface area contributed by atoms with Crippen LogP contribution in [-0.4, -0.2) is 78.5 Å². The van der Waals surface area contributed by atoms with E-state index in [1.807, 2.05) is 19.9 Å². The highest BCUT2D eigenvalue weighted by atomic mass is 16.5. The lowest BCUT2D eigenvalue weighted by atomic mass is 9.86. The molecule has 1 saturated heterocycles. The van der Waals surface area contributed by atoms with Crippen molar-refractivity contribution in [1.29, 1.82) is 0 Å². The molecule has 12 nitrogen and oxygen atoms in total. The molecule has 1 aromatic carbocycles. The highest BCUT2D eigenvalue weighted by molar-refractivity contribution is 5.97. The molecular weight excluding hydrogens is 632 g/mol. The molecule has 12 heteroatoms. The molecule has 0 spiro atoms. The Balaban J connectivity index is 2.20. The minimum Gasteiger partial charge on any atom is -0.469 e. The second-order valence-electron chi connectivity index (χ2n) is 13.1. The number of hydrogen-bond donors (Lipinski definition) is 1. The first-order chi connectivity index (χ1) is 23.3. The Morgan fingerprint density at radius 3 is 2.27 bits per heavy atom. The van der Waals surface area contributed by atoms with Crippen LogP contribution in [0, 0.1) is 23.7 Å². The SMILES string of the molecule is CCOC(=O)/C=C/C(=O)CC[C@H](NC(=O)OCc1ccccc1)C(=O)C[C@H](C(=O)N1CCC[C@H]1C(=O)C[C@@H](CC(C)C)C(=O)OC)C(C)C. The van der Waals surface area contributed by atoms with Gasteiger partial charge in [-0.1, -0.05) is 58.0 Å². The molecule has 0 bridgehead atoms. The van der Waals surface area contributed by atoms with Gasteiger partial charge in [-0.2, -0.15) is 0 Å². The molecule has 0 aromatic heterocycles.